The summed E-state index contributed by atoms with van der Waals surface area (Å²) in [6, 6.07) is 15.7. The van der Waals surface area contributed by atoms with Crippen LogP contribution in [0.15, 0.2) is 60.7 Å². The highest BCUT2D eigenvalue weighted by atomic mass is 19.1. The van der Waals surface area contributed by atoms with Gasteiger partial charge in [-0.2, -0.15) is 0 Å². The first-order valence-corrected chi connectivity index (χ1v) is 8.85. The number of rotatable bonds is 3. The smallest absolute Gasteiger partial charge is 0.292 e. The second kappa shape index (κ2) is 6.84. The van der Waals surface area contributed by atoms with Crippen molar-refractivity contribution in [3.63, 3.8) is 0 Å². The highest BCUT2D eigenvalue weighted by Gasteiger charge is 2.46. The molecule has 1 unspecified atom stereocenters. The number of quaternary nitrogens is 1. The van der Waals surface area contributed by atoms with E-state index in [0.717, 1.165) is 22.8 Å². The summed E-state index contributed by atoms with van der Waals surface area (Å²) < 4.78 is 14.0. The molecule has 0 bridgehead atoms. The van der Waals surface area contributed by atoms with E-state index in [0.29, 0.717) is 6.54 Å². The van der Waals surface area contributed by atoms with Crippen LogP contribution in [0.4, 0.5) is 10.1 Å². The number of imide groups is 1. The molecule has 2 aromatic carbocycles. The average Bonchev–Trinajstić information content (AvgIpc) is 2.97. The Balaban J connectivity index is 1.52. The Morgan fingerprint density at radius 1 is 1.00 bits per heavy atom. The predicted molar refractivity (Wildman–Crippen MR) is 97.0 cm³/mol. The van der Waals surface area contributed by atoms with Gasteiger partial charge in [0, 0.05) is 6.42 Å². The summed E-state index contributed by atoms with van der Waals surface area (Å²) in [6.45, 7) is 1.48. The summed E-state index contributed by atoms with van der Waals surface area (Å²) in [5, 5.41) is 0. The summed E-state index contributed by atoms with van der Waals surface area (Å²) in [5.41, 5.74) is 2.53. The lowest BCUT2D eigenvalue weighted by Crippen LogP contribution is -3.17. The van der Waals surface area contributed by atoms with Gasteiger partial charge in [0.2, 0.25) is 5.91 Å². The molecule has 0 radical (unpaired) electrons. The minimum atomic E-state index is -0.547. The number of hydrogen-bond donors (Lipinski definition) is 1. The second-order valence-electron chi connectivity index (χ2n) is 6.73. The zero-order valence-corrected chi connectivity index (χ0v) is 14.3. The molecule has 2 aliphatic rings. The Bertz CT molecular complexity index is 879. The van der Waals surface area contributed by atoms with E-state index in [1.54, 1.807) is 12.1 Å². The Kier molecular flexibility index (Phi) is 4.39. The largest absolute Gasteiger partial charge is 0.321 e. The first-order chi connectivity index (χ1) is 12.6. The molecule has 26 heavy (non-hydrogen) atoms. The molecule has 0 spiro atoms. The standard InChI is InChI=1S/C21H19FN2O2/c22-17-8-4-5-9-18(17)24-20(25)14-19(21(24)26)23-12-10-16(11-13-23)15-6-2-1-3-7-15/h1-10,19H,11-14H2/p+1/t19-/m0/s1. The maximum atomic E-state index is 14.0. The van der Waals surface area contributed by atoms with Crippen LogP contribution in [-0.2, 0) is 9.59 Å². The fraction of sp³-hybridized carbons (Fsp3) is 0.238. The molecule has 2 aliphatic heterocycles. The van der Waals surface area contributed by atoms with Crippen LogP contribution in [0.1, 0.15) is 18.4 Å². The maximum Gasteiger partial charge on any atom is 0.292 e. The zero-order valence-electron chi connectivity index (χ0n) is 14.3. The van der Waals surface area contributed by atoms with E-state index >= 15 is 0 Å². The van der Waals surface area contributed by atoms with Gasteiger partial charge in [0.25, 0.3) is 5.91 Å². The molecule has 2 atom stereocenters. The van der Waals surface area contributed by atoms with Gasteiger partial charge in [-0.05, 0) is 29.3 Å². The van der Waals surface area contributed by atoms with Gasteiger partial charge in [0.15, 0.2) is 6.04 Å². The quantitative estimate of drug-likeness (QED) is 0.858. The highest BCUT2D eigenvalue weighted by Crippen LogP contribution is 2.25. The number of para-hydroxylation sites is 1. The third-order valence-electron chi connectivity index (χ3n) is 5.20. The predicted octanol–water partition coefficient (Wildman–Crippen LogP) is 1.83. The number of anilines is 1. The Morgan fingerprint density at radius 3 is 2.42 bits per heavy atom. The molecule has 2 heterocycles. The molecule has 0 aromatic heterocycles. The van der Waals surface area contributed by atoms with Crippen LogP contribution in [-0.4, -0.2) is 30.9 Å². The van der Waals surface area contributed by atoms with Crippen LogP contribution in [0.2, 0.25) is 0 Å². The molecule has 0 saturated carbocycles. The molecule has 2 amide bonds. The van der Waals surface area contributed by atoms with Gasteiger partial charge < -0.3 is 4.90 Å². The van der Waals surface area contributed by atoms with Crippen molar-refractivity contribution in [1.82, 2.24) is 0 Å². The van der Waals surface area contributed by atoms with Gasteiger partial charge >= 0.3 is 0 Å². The molecule has 0 aliphatic carbocycles. The number of hydrogen-bond acceptors (Lipinski definition) is 2. The topological polar surface area (TPSA) is 41.8 Å². The molecule has 1 saturated heterocycles. The number of nitrogens with zero attached hydrogens (tertiary/aromatic N) is 1. The zero-order chi connectivity index (χ0) is 18.1. The molecule has 2 aromatic rings. The van der Waals surface area contributed by atoms with E-state index in [1.165, 1.54) is 23.3 Å². The van der Waals surface area contributed by atoms with Gasteiger partial charge in [-0.3, -0.25) is 9.59 Å². The van der Waals surface area contributed by atoms with Crippen LogP contribution in [0.25, 0.3) is 5.57 Å². The van der Waals surface area contributed by atoms with Gasteiger partial charge in [0.1, 0.15) is 5.82 Å². The van der Waals surface area contributed by atoms with E-state index in [4.69, 9.17) is 0 Å². The van der Waals surface area contributed by atoms with Gasteiger partial charge in [-0.25, -0.2) is 9.29 Å². The van der Waals surface area contributed by atoms with E-state index in [2.05, 4.69) is 18.2 Å². The highest BCUT2D eigenvalue weighted by molar-refractivity contribution is 6.21. The number of amides is 2. The van der Waals surface area contributed by atoms with Crippen molar-refractivity contribution in [1.29, 1.82) is 0 Å². The molecule has 4 rings (SSSR count). The van der Waals surface area contributed by atoms with E-state index in [1.807, 2.05) is 18.2 Å². The minimum Gasteiger partial charge on any atom is -0.321 e. The first-order valence-electron chi connectivity index (χ1n) is 8.85. The summed E-state index contributed by atoms with van der Waals surface area (Å²) in [6.07, 6.45) is 3.14. The molecule has 4 nitrogen and oxygen atoms in total. The molecular weight excluding hydrogens is 331 g/mol. The number of nitrogens with one attached hydrogen (secondary N) is 1. The van der Waals surface area contributed by atoms with E-state index in [-0.39, 0.29) is 23.9 Å². The molecule has 1 fully saturated rings. The first kappa shape index (κ1) is 16.7. The molecular formula is C21H20FN2O2+. The summed E-state index contributed by atoms with van der Waals surface area (Å²) >= 11 is 0. The average molecular weight is 351 g/mol. The molecule has 5 heteroatoms. The fourth-order valence-corrected chi connectivity index (χ4v) is 3.82. The number of carbonyl (C=O) groups excluding carboxylic acids is 2. The Hall–Kier alpha value is -2.79. The SMILES string of the molecule is O=C1C[C@H]([NH+]2CC=C(c3ccccc3)CC2)C(=O)N1c1ccccc1F. The molecule has 1 N–H and O–H groups in total. The third kappa shape index (κ3) is 2.95. The Morgan fingerprint density at radius 2 is 1.73 bits per heavy atom. The summed E-state index contributed by atoms with van der Waals surface area (Å²) in [7, 11) is 0. The van der Waals surface area contributed by atoms with Crippen molar-refractivity contribution in [2.45, 2.75) is 18.9 Å². The lowest BCUT2D eigenvalue weighted by atomic mass is 9.98. The van der Waals surface area contributed by atoms with E-state index in [9.17, 15) is 14.0 Å². The van der Waals surface area contributed by atoms with Crippen LogP contribution in [0.5, 0.6) is 0 Å². The minimum absolute atomic E-state index is 0.0573. The number of halogens is 1. The van der Waals surface area contributed by atoms with Crippen LogP contribution in [0, 0.1) is 5.82 Å². The number of carbonyl (C=O) groups is 2. The van der Waals surface area contributed by atoms with Gasteiger partial charge in [0.05, 0.1) is 25.2 Å². The summed E-state index contributed by atoms with van der Waals surface area (Å²) in [4.78, 5) is 27.3. The monoisotopic (exact) mass is 351 g/mol. The third-order valence-corrected chi connectivity index (χ3v) is 5.20. The van der Waals surface area contributed by atoms with Crippen LogP contribution in [0.3, 0.4) is 0 Å². The van der Waals surface area contributed by atoms with E-state index < -0.39 is 11.9 Å². The Labute approximate surface area is 151 Å². The maximum absolute atomic E-state index is 14.0. The molecule has 132 valence electrons. The van der Waals surface area contributed by atoms with Crippen LogP contribution < -0.4 is 9.80 Å². The lowest BCUT2D eigenvalue weighted by Gasteiger charge is -2.27. The lowest BCUT2D eigenvalue weighted by molar-refractivity contribution is -0.909. The van der Waals surface area contributed by atoms with Crippen molar-refractivity contribution >= 4 is 23.1 Å². The van der Waals surface area contributed by atoms with Crippen molar-refractivity contribution in [2.75, 3.05) is 18.0 Å². The van der Waals surface area contributed by atoms with Crippen molar-refractivity contribution in [3.8, 4) is 0 Å². The van der Waals surface area contributed by atoms with Gasteiger partial charge in [-0.15, -0.1) is 0 Å². The number of benzene rings is 2. The van der Waals surface area contributed by atoms with Crippen molar-refractivity contribution < 1.29 is 18.9 Å². The van der Waals surface area contributed by atoms with Crippen LogP contribution >= 0.6 is 0 Å². The van der Waals surface area contributed by atoms with Crippen molar-refractivity contribution in [3.05, 3.63) is 72.1 Å². The fourth-order valence-electron chi connectivity index (χ4n) is 3.82. The van der Waals surface area contributed by atoms with Crippen molar-refractivity contribution in [2.24, 2.45) is 0 Å². The summed E-state index contributed by atoms with van der Waals surface area (Å²) in [5.74, 6) is -1.17. The second-order valence-corrected chi connectivity index (χ2v) is 6.73. The van der Waals surface area contributed by atoms with Gasteiger partial charge in [-0.1, -0.05) is 42.5 Å². The normalized spacial score (nSPS) is 23.3.